The predicted octanol–water partition coefficient (Wildman–Crippen LogP) is 3.45. The van der Waals surface area contributed by atoms with Gasteiger partial charge in [-0.25, -0.2) is 0 Å². The maximum absolute atomic E-state index is 12.8. The van der Waals surface area contributed by atoms with Crippen molar-refractivity contribution in [3.8, 4) is 5.75 Å². The van der Waals surface area contributed by atoms with Gasteiger partial charge in [0.1, 0.15) is 12.4 Å². The van der Waals surface area contributed by atoms with E-state index in [4.69, 9.17) is 9.47 Å². The van der Waals surface area contributed by atoms with E-state index in [9.17, 15) is 14.4 Å². The predicted molar refractivity (Wildman–Crippen MR) is 113 cm³/mol. The topological polar surface area (TPSA) is 84.9 Å². The number of anilines is 1. The number of ether oxygens (including phenoxy) is 2. The molecule has 1 N–H and O–H groups in total. The highest BCUT2D eigenvalue weighted by molar-refractivity contribution is 5.94. The van der Waals surface area contributed by atoms with Crippen molar-refractivity contribution < 1.29 is 23.9 Å². The highest BCUT2D eigenvalue weighted by Gasteiger charge is 2.25. The number of nitrogens with zero attached hydrogens (tertiary/aromatic N) is 1. The van der Waals surface area contributed by atoms with Gasteiger partial charge in [0.2, 0.25) is 11.8 Å². The molecule has 2 aliphatic rings. The summed E-state index contributed by atoms with van der Waals surface area (Å²) in [5, 5.41) is 2.86. The molecule has 0 atom stereocenters. The number of aryl methyl sites for hydroxylation is 1. The van der Waals surface area contributed by atoms with Gasteiger partial charge in [-0.15, -0.1) is 0 Å². The molecule has 0 saturated heterocycles. The van der Waals surface area contributed by atoms with E-state index in [0.717, 1.165) is 49.1 Å². The van der Waals surface area contributed by atoms with Crippen LogP contribution in [0.15, 0.2) is 18.2 Å². The molecule has 7 nitrogen and oxygen atoms in total. The van der Waals surface area contributed by atoms with E-state index in [1.165, 1.54) is 13.3 Å². The second-order valence-electron chi connectivity index (χ2n) is 8.04. The molecule has 30 heavy (non-hydrogen) atoms. The van der Waals surface area contributed by atoms with Crippen LogP contribution in [-0.4, -0.2) is 48.5 Å². The maximum Gasteiger partial charge on any atom is 0.302 e. The standard InChI is InChI=1S/C23H32N2O5/c1-17(26)29-15-13-25(19-6-3-2-4-7-19)23(28)8-5-14-30-20-10-11-21-18(16-20)9-12-22(27)24-21/h10-11,16,19H,2-9,12-15H2,1H3,(H,24,27). The van der Waals surface area contributed by atoms with E-state index in [0.29, 0.717) is 32.4 Å². The number of hydrogen-bond acceptors (Lipinski definition) is 5. The molecule has 7 heteroatoms. The largest absolute Gasteiger partial charge is 0.494 e. The van der Waals surface area contributed by atoms with Gasteiger partial charge in [0.05, 0.1) is 13.2 Å². The molecule has 2 amide bonds. The molecule has 164 valence electrons. The Morgan fingerprint density at radius 2 is 1.93 bits per heavy atom. The van der Waals surface area contributed by atoms with Crippen molar-refractivity contribution >= 4 is 23.5 Å². The first-order valence-corrected chi connectivity index (χ1v) is 11.0. The Morgan fingerprint density at radius 1 is 1.13 bits per heavy atom. The maximum atomic E-state index is 12.8. The lowest BCUT2D eigenvalue weighted by molar-refractivity contribution is -0.144. The van der Waals surface area contributed by atoms with E-state index < -0.39 is 0 Å². The van der Waals surface area contributed by atoms with Crippen molar-refractivity contribution in [3.63, 3.8) is 0 Å². The Morgan fingerprint density at radius 3 is 2.70 bits per heavy atom. The first-order valence-electron chi connectivity index (χ1n) is 11.0. The summed E-state index contributed by atoms with van der Waals surface area (Å²) in [6.07, 6.45) is 7.81. The molecule has 1 aliphatic heterocycles. The monoisotopic (exact) mass is 416 g/mol. The third-order valence-electron chi connectivity index (χ3n) is 5.75. The van der Waals surface area contributed by atoms with E-state index in [1.54, 1.807) is 0 Å². The molecule has 1 saturated carbocycles. The van der Waals surface area contributed by atoms with Gasteiger partial charge in [0.25, 0.3) is 0 Å². The van der Waals surface area contributed by atoms with Gasteiger partial charge in [-0.3, -0.25) is 14.4 Å². The lowest BCUT2D eigenvalue weighted by Crippen LogP contribution is -2.43. The highest BCUT2D eigenvalue weighted by Crippen LogP contribution is 2.27. The molecule has 1 fully saturated rings. The molecule has 0 bridgehead atoms. The summed E-state index contributed by atoms with van der Waals surface area (Å²) in [7, 11) is 0. The van der Waals surface area contributed by atoms with Crippen molar-refractivity contribution in [2.24, 2.45) is 0 Å². The van der Waals surface area contributed by atoms with Crippen LogP contribution in [-0.2, 0) is 25.5 Å². The highest BCUT2D eigenvalue weighted by atomic mass is 16.5. The molecule has 1 aromatic rings. The number of nitrogens with one attached hydrogen (secondary N) is 1. The summed E-state index contributed by atoms with van der Waals surface area (Å²) in [6, 6.07) is 5.93. The van der Waals surface area contributed by atoms with Gasteiger partial charge in [-0.05, 0) is 49.4 Å². The Balaban J connectivity index is 1.46. The number of hydrogen-bond donors (Lipinski definition) is 1. The molecule has 0 spiro atoms. The van der Waals surface area contributed by atoms with Crippen LogP contribution in [0.4, 0.5) is 5.69 Å². The Kier molecular flexibility index (Phi) is 8.11. The lowest BCUT2D eigenvalue weighted by Gasteiger charge is -2.34. The Bertz CT molecular complexity index is 758. The van der Waals surface area contributed by atoms with Crippen LogP contribution in [0.5, 0.6) is 5.75 Å². The van der Waals surface area contributed by atoms with Crippen molar-refractivity contribution in [1.82, 2.24) is 4.90 Å². The zero-order valence-electron chi connectivity index (χ0n) is 17.8. The smallest absolute Gasteiger partial charge is 0.302 e. The Hall–Kier alpha value is -2.57. The van der Waals surface area contributed by atoms with Crippen LogP contribution in [0.3, 0.4) is 0 Å². The number of rotatable bonds is 9. The number of fused-ring (bicyclic) bond motifs is 1. The van der Waals surface area contributed by atoms with E-state index in [2.05, 4.69) is 5.32 Å². The summed E-state index contributed by atoms with van der Waals surface area (Å²) < 4.78 is 10.9. The molecule has 0 aromatic heterocycles. The van der Waals surface area contributed by atoms with Crippen LogP contribution < -0.4 is 10.1 Å². The SMILES string of the molecule is CC(=O)OCCN(C(=O)CCCOc1ccc2c(c1)CCC(=O)N2)C1CCCCC1. The van der Waals surface area contributed by atoms with Gasteiger partial charge in [-0.2, -0.15) is 0 Å². The van der Waals surface area contributed by atoms with Crippen LogP contribution in [0, 0.1) is 0 Å². The minimum absolute atomic E-state index is 0.0471. The summed E-state index contributed by atoms with van der Waals surface area (Å²) in [5.74, 6) is 0.595. The van der Waals surface area contributed by atoms with Gasteiger partial charge >= 0.3 is 5.97 Å². The van der Waals surface area contributed by atoms with Crippen LogP contribution in [0.25, 0.3) is 0 Å². The first-order chi connectivity index (χ1) is 14.5. The van der Waals surface area contributed by atoms with Crippen LogP contribution in [0.1, 0.15) is 63.9 Å². The average Bonchev–Trinajstić information content (AvgIpc) is 2.74. The van der Waals surface area contributed by atoms with Crippen LogP contribution >= 0.6 is 0 Å². The molecule has 0 radical (unpaired) electrons. The number of carbonyl (C=O) groups is 3. The number of esters is 1. The molecular weight excluding hydrogens is 384 g/mol. The minimum atomic E-state index is -0.316. The molecule has 1 aromatic carbocycles. The lowest BCUT2D eigenvalue weighted by atomic mass is 9.94. The summed E-state index contributed by atoms with van der Waals surface area (Å²) >= 11 is 0. The Labute approximate surface area is 178 Å². The molecule has 1 aliphatic carbocycles. The normalized spacial score (nSPS) is 16.4. The zero-order chi connectivity index (χ0) is 21.3. The van der Waals surface area contributed by atoms with E-state index in [-0.39, 0.29) is 30.4 Å². The second-order valence-corrected chi connectivity index (χ2v) is 8.04. The summed E-state index contributed by atoms with van der Waals surface area (Å²) in [6.45, 7) is 2.55. The van der Waals surface area contributed by atoms with Gasteiger partial charge in [0.15, 0.2) is 0 Å². The minimum Gasteiger partial charge on any atom is -0.494 e. The van der Waals surface area contributed by atoms with Crippen molar-refractivity contribution in [3.05, 3.63) is 23.8 Å². The first kappa shape index (κ1) is 22.1. The summed E-state index contributed by atoms with van der Waals surface area (Å²) in [5.41, 5.74) is 1.93. The average molecular weight is 417 g/mol. The van der Waals surface area contributed by atoms with Crippen LogP contribution in [0.2, 0.25) is 0 Å². The second kappa shape index (κ2) is 11.0. The molecule has 3 rings (SSSR count). The fourth-order valence-electron chi connectivity index (χ4n) is 4.20. The molecular formula is C23H32N2O5. The summed E-state index contributed by atoms with van der Waals surface area (Å²) in [4.78, 5) is 37.3. The number of benzene rings is 1. The third-order valence-corrected chi connectivity index (χ3v) is 5.75. The number of carbonyl (C=O) groups excluding carboxylic acids is 3. The van der Waals surface area contributed by atoms with E-state index in [1.807, 2.05) is 23.1 Å². The van der Waals surface area contributed by atoms with Gasteiger partial charge in [0, 0.05) is 31.5 Å². The fourth-order valence-corrected chi connectivity index (χ4v) is 4.20. The van der Waals surface area contributed by atoms with E-state index >= 15 is 0 Å². The van der Waals surface area contributed by atoms with Crippen molar-refractivity contribution in [2.45, 2.75) is 70.8 Å². The van der Waals surface area contributed by atoms with Crippen molar-refractivity contribution in [2.75, 3.05) is 25.1 Å². The molecule has 1 heterocycles. The fraction of sp³-hybridized carbons (Fsp3) is 0.609. The number of amides is 2. The van der Waals surface area contributed by atoms with Gasteiger partial charge < -0.3 is 19.7 Å². The third kappa shape index (κ3) is 6.47. The van der Waals surface area contributed by atoms with Crippen molar-refractivity contribution in [1.29, 1.82) is 0 Å². The van der Waals surface area contributed by atoms with Gasteiger partial charge in [-0.1, -0.05) is 19.3 Å². The zero-order valence-corrected chi connectivity index (χ0v) is 17.8. The molecule has 0 unspecified atom stereocenters. The quantitative estimate of drug-likeness (QED) is 0.492.